The van der Waals surface area contributed by atoms with Crippen molar-refractivity contribution in [1.82, 2.24) is 10.3 Å². The van der Waals surface area contributed by atoms with Gasteiger partial charge in [0.25, 0.3) is 0 Å². The lowest BCUT2D eigenvalue weighted by Crippen LogP contribution is -2.19. The Morgan fingerprint density at radius 2 is 2.12 bits per heavy atom. The van der Waals surface area contributed by atoms with Crippen LogP contribution < -0.4 is 5.32 Å². The molecule has 17 heavy (non-hydrogen) atoms. The molecule has 0 saturated heterocycles. The van der Waals surface area contributed by atoms with Gasteiger partial charge in [0.05, 0.1) is 12.1 Å². The van der Waals surface area contributed by atoms with Crippen LogP contribution in [0.5, 0.6) is 0 Å². The monoisotopic (exact) mass is 230 g/mol. The zero-order valence-corrected chi connectivity index (χ0v) is 10.1. The van der Waals surface area contributed by atoms with Gasteiger partial charge in [-0.15, -0.1) is 0 Å². The van der Waals surface area contributed by atoms with Crippen LogP contribution in [-0.2, 0) is 11.3 Å². The average molecular weight is 230 g/mol. The summed E-state index contributed by atoms with van der Waals surface area (Å²) in [5.41, 5.74) is 2.32. The quantitative estimate of drug-likeness (QED) is 0.774. The van der Waals surface area contributed by atoms with E-state index in [9.17, 15) is 0 Å². The van der Waals surface area contributed by atoms with Gasteiger partial charge in [0.1, 0.15) is 0 Å². The van der Waals surface area contributed by atoms with E-state index >= 15 is 0 Å². The Bertz CT molecular complexity index is 465. The van der Waals surface area contributed by atoms with E-state index in [-0.39, 0.29) is 0 Å². The maximum Gasteiger partial charge on any atom is 0.0746 e. The van der Waals surface area contributed by atoms with Crippen molar-refractivity contribution in [1.29, 1.82) is 0 Å². The van der Waals surface area contributed by atoms with Crippen molar-refractivity contribution in [2.75, 3.05) is 19.8 Å². The van der Waals surface area contributed by atoms with E-state index in [1.807, 2.05) is 19.2 Å². The van der Waals surface area contributed by atoms with Crippen LogP contribution in [0, 0.1) is 0 Å². The molecule has 1 aromatic heterocycles. The Hall–Kier alpha value is -1.45. The molecule has 3 nitrogen and oxygen atoms in total. The van der Waals surface area contributed by atoms with Gasteiger partial charge in [-0.25, -0.2) is 0 Å². The van der Waals surface area contributed by atoms with Crippen LogP contribution in [-0.4, -0.2) is 24.7 Å². The summed E-state index contributed by atoms with van der Waals surface area (Å²) in [6.45, 7) is 5.25. The third-order valence-electron chi connectivity index (χ3n) is 2.66. The van der Waals surface area contributed by atoms with Crippen molar-refractivity contribution in [3.8, 4) is 0 Å². The predicted octanol–water partition coefficient (Wildman–Crippen LogP) is 2.36. The second kappa shape index (κ2) is 6.33. The SMILES string of the molecule is CCOCCNCc1cccc2cccnc12. The fourth-order valence-electron chi connectivity index (χ4n) is 1.82. The highest BCUT2D eigenvalue weighted by Crippen LogP contribution is 2.15. The first-order valence-electron chi connectivity index (χ1n) is 6.03. The molecule has 0 amide bonds. The summed E-state index contributed by atoms with van der Waals surface area (Å²) >= 11 is 0. The number of ether oxygens (including phenoxy) is 1. The zero-order chi connectivity index (χ0) is 11.9. The summed E-state index contributed by atoms with van der Waals surface area (Å²) in [6, 6.07) is 10.3. The highest BCUT2D eigenvalue weighted by Gasteiger charge is 2.00. The van der Waals surface area contributed by atoms with Crippen LogP contribution in [0.15, 0.2) is 36.5 Å². The average Bonchev–Trinajstić information content (AvgIpc) is 2.39. The number of aromatic nitrogens is 1. The zero-order valence-electron chi connectivity index (χ0n) is 10.1. The summed E-state index contributed by atoms with van der Waals surface area (Å²) in [7, 11) is 0. The molecule has 2 rings (SSSR count). The molecule has 0 atom stereocenters. The van der Waals surface area contributed by atoms with E-state index in [1.165, 1.54) is 10.9 Å². The van der Waals surface area contributed by atoms with Gasteiger partial charge in [0.2, 0.25) is 0 Å². The van der Waals surface area contributed by atoms with E-state index in [0.717, 1.165) is 31.8 Å². The maximum atomic E-state index is 5.28. The minimum atomic E-state index is 0.759. The van der Waals surface area contributed by atoms with Gasteiger partial charge >= 0.3 is 0 Å². The fourth-order valence-corrected chi connectivity index (χ4v) is 1.82. The van der Waals surface area contributed by atoms with Crippen molar-refractivity contribution in [3.05, 3.63) is 42.1 Å². The van der Waals surface area contributed by atoms with Crippen molar-refractivity contribution in [2.45, 2.75) is 13.5 Å². The smallest absolute Gasteiger partial charge is 0.0746 e. The van der Waals surface area contributed by atoms with Crippen molar-refractivity contribution in [2.24, 2.45) is 0 Å². The third-order valence-corrected chi connectivity index (χ3v) is 2.66. The molecule has 0 aliphatic rings. The van der Waals surface area contributed by atoms with Crippen molar-refractivity contribution < 1.29 is 4.74 Å². The van der Waals surface area contributed by atoms with Crippen LogP contribution in [0.1, 0.15) is 12.5 Å². The summed E-state index contributed by atoms with van der Waals surface area (Å²) in [4.78, 5) is 4.42. The summed E-state index contributed by atoms with van der Waals surface area (Å²) in [5, 5.41) is 4.55. The Kier molecular flexibility index (Phi) is 4.47. The van der Waals surface area contributed by atoms with Gasteiger partial charge in [-0.2, -0.15) is 0 Å². The Morgan fingerprint density at radius 1 is 1.24 bits per heavy atom. The highest BCUT2D eigenvalue weighted by atomic mass is 16.5. The van der Waals surface area contributed by atoms with Gasteiger partial charge in [0.15, 0.2) is 0 Å². The lowest BCUT2D eigenvalue weighted by Gasteiger charge is -2.07. The molecule has 1 aromatic carbocycles. The van der Waals surface area contributed by atoms with Crippen LogP contribution in [0.2, 0.25) is 0 Å². The summed E-state index contributed by atoms with van der Waals surface area (Å²) < 4.78 is 5.28. The first kappa shape index (κ1) is 12.0. The molecule has 0 aliphatic carbocycles. The van der Waals surface area contributed by atoms with E-state index in [2.05, 4.69) is 34.6 Å². The number of fused-ring (bicyclic) bond motifs is 1. The topological polar surface area (TPSA) is 34.1 Å². The molecule has 0 radical (unpaired) electrons. The largest absolute Gasteiger partial charge is 0.380 e. The molecule has 0 unspecified atom stereocenters. The summed E-state index contributed by atoms with van der Waals surface area (Å²) in [6.07, 6.45) is 1.84. The first-order valence-corrected chi connectivity index (χ1v) is 6.03. The van der Waals surface area contributed by atoms with Gasteiger partial charge in [-0.3, -0.25) is 4.98 Å². The lowest BCUT2D eigenvalue weighted by atomic mass is 10.1. The number of nitrogens with one attached hydrogen (secondary N) is 1. The predicted molar refractivity (Wildman–Crippen MR) is 69.9 cm³/mol. The molecular formula is C14H18N2O. The molecule has 1 N–H and O–H groups in total. The number of hydrogen-bond acceptors (Lipinski definition) is 3. The number of benzene rings is 1. The van der Waals surface area contributed by atoms with E-state index < -0.39 is 0 Å². The molecule has 0 fully saturated rings. The van der Waals surface area contributed by atoms with Gasteiger partial charge in [-0.1, -0.05) is 24.3 Å². The minimum absolute atomic E-state index is 0.759. The molecule has 90 valence electrons. The molecule has 0 saturated carbocycles. The van der Waals surface area contributed by atoms with E-state index in [1.54, 1.807) is 0 Å². The number of para-hydroxylation sites is 1. The molecule has 3 heteroatoms. The van der Waals surface area contributed by atoms with Crippen LogP contribution in [0.25, 0.3) is 10.9 Å². The first-order chi connectivity index (χ1) is 8.42. The van der Waals surface area contributed by atoms with Gasteiger partial charge in [-0.05, 0) is 18.6 Å². The molecule has 0 spiro atoms. The fraction of sp³-hybridized carbons (Fsp3) is 0.357. The number of hydrogen-bond donors (Lipinski definition) is 1. The number of pyridine rings is 1. The Labute approximate surface area is 102 Å². The lowest BCUT2D eigenvalue weighted by molar-refractivity contribution is 0.149. The van der Waals surface area contributed by atoms with E-state index in [4.69, 9.17) is 4.74 Å². The molecular weight excluding hydrogens is 212 g/mol. The molecule has 2 aromatic rings. The highest BCUT2D eigenvalue weighted by molar-refractivity contribution is 5.81. The van der Waals surface area contributed by atoms with Crippen LogP contribution >= 0.6 is 0 Å². The molecule has 0 aliphatic heterocycles. The van der Waals surface area contributed by atoms with Crippen molar-refractivity contribution >= 4 is 10.9 Å². The maximum absolute atomic E-state index is 5.28. The van der Waals surface area contributed by atoms with Gasteiger partial charge < -0.3 is 10.1 Å². The second-order valence-electron chi connectivity index (χ2n) is 3.87. The summed E-state index contributed by atoms with van der Waals surface area (Å²) in [5.74, 6) is 0. The normalized spacial score (nSPS) is 10.9. The molecule has 0 bridgehead atoms. The van der Waals surface area contributed by atoms with Crippen LogP contribution in [0.3, 0.4) is 0 Å². The standard InChI is InChI=1S/C14H18N2O/c1-2-17-10-9-15-11-13-6-3-5-12-7-4-8-16-14(12)13/h3-8,15H,2,9-11H2,1H3. The Morgan fingerprint density at radius 3 is 3.00 bits per heavy atom. The van der Waals surface area contributed by atoms with Crippen LogP contribution in [0.4, 0.5) is 0 Å². The number of nitrogens with zero attached hydrogens (tertiary/aromatic N) is 1. The minimum Gasteiger partial charge on any atom is -0.380 e. The van der Waals surface area contributed by atoms with Crippen molar-refractivity contribution in [3.63, 3.8) is 0 Å². The number of rotatable bonds is 6. The van der Waals surface area contributed by atoms with Gasteiger partial charge in [0, 0.05) is 31.3 Å². The second-order valence-corrected chi connectivity index (χ2v) is 3.87. The Balaban J connectivity index is 1.98. The molecule has 1 heterocycles. The van der Waals surface area contributed by atoms with E-state index in [0.29, 0.717) is 0 Å². The third kappa shape index (κ3) is 3.25.